The highest BCUT2D eigenvalue weighted by Crippen LogP contribution is 2.49. The summed E-state index contributed by atoms with van der Waals surface area (Å²) in [6.07, 6.45) is -0.424. The first-order valence-corrected chi connectivity index (χ1v) is 9.91. The predicted octanol–water partition coefficient (Wildman–Crippen LogP) is 3.27. The molecule has 2 heterocycles. The van der Waals surface area contributed by atoms with E-state index in [4.69, 9.17) is 34.8 Å². The maximum Gasteiger partial charge on any atom is 0.323 e. The maximum atomic E-state index is 13.4. The number of likely N-dealkylation sites (tertiary alicyclic amines) is 1. The number of carbonyl (C=O) groups excluding carboxylic acids is 3. The third kappa shape index (κ3) is 3.05. The molecule has 0 aromatic heterocycles. The van der Waals surface area contributed by atoms with Gasteiger partial charge in [0.05, 0.1) is 13.0 Å². The minimum Gasteiger partial charge on any atom is -0.480 e. The molecule has 2 aliphatic heterocycles. The van der Waals surface area contributed by atoms with Crippen molar-refractivity contribution in [2.45, 2.75) is 18.4 Å². The van der Waals surface area contributed by atoms with Gasteiger partial charge in [-0.2, -0.15) is 0 Å². The van der Waals surface area contributed by atoms with Crippen molar-refractivity contribution in [2.24, 2.45) is 0 Å². The van der Waals surface area contributed by atoms with Crippen LogP contribution in [0.3, 0.4) is 0 Å². The number of rotatable bonds is 4. The topological polar surface area (TPSA) is 95.0 Å². The Morgan fingerprint density at radius 2 is 1.60 bits per heavy atom. The molecule has 1 spiro atoms. The smallest absolute Gasteiger partial charge is 0.323 e. The van der Waals surface area contributed by atoms with Crippen molar-refractivity contribution in [1.29, 1.82) is 0 Å². The standard InChI is InChI=1S/C20H13Cl3N2O5/c21-11-1-3-14(23)10(5-11)8-25-16(26)7-20(19(25)30)13-6-12(22)2-4-15(13)24(18(20)29)9-17(27)28/h1-6H,7-9H2,(H,27,28). The minimum atomic E-state index is -1.85. The second-order valence-electron chi connectivity index (χ2n) is 7.05. The number of benzene rings is 2. The minimum absolute atomic E-state index is 0.166. The Morgan fingerprint density at radius 3 is 2.30 bits per heavy atom. The lowest BCUT2D eigenvalue weighted by atomic mass is 9.80. The van der Waals surface area contributed by atoms with Crippen molar-refractivity contribution in [2.75, 3.05) is 11.4 Å². The molecule has 1 unspecified atom stereocenters. The highest BCUT2D eigenvalue weighted by Gasteiger charge is 2.63. The molecule has 0 aliphatic carbocycles. The van der Waals surface area contributed by atoms with Crippen LogP contribution in [0.15, 0.2) is 36.4 Å². The van der Waals surface area contributed by atoms with Gasteiger partial charge in [0.15, 0.2) is 5.41 Å². The zero-order valence-corrected chi connectivity index (χ0v) is 17.5. The number of carboxylic acids is 1. The van der Waals surface area contributed by atoms with Gasteiger partial charge in [0, 0.05) is 26.3 Å². The van der Waals surface area contributed by atoms with Gasteiger partial charge in [0.2, 0.25) is 17.7 Å². The molecule has 2 aliphatic rings. The summed E-state index contributed by atoms with van der Waals surface area (Å²) in [6.45, 7) is -0.808. The molecule has 0 bridgehead atoms. The van der Waals surface area contributed by atoms with Crippen LogP contribution >= 0.6 is 34.8 Å². The number of aliphatic carboxylic acids is 1. The van der Waals surface area contributed by atoms with E-state index in [1.165, 1.54) is 24.3 Å². The number of carboxylic acid groups (broad SMARTS) is 1. The van der Waals surface area contributed by atoms with Crippen molar-refractivity contribution in [3.8, 4) is 0 Å². The van der Waals surface area contributed by atoms with Gasteiger partial charge in [-0.25, -0.2) is 0 Å². The first kappa shape index (κ1) is 20.7. The van der Waals surface area contributed by atoms with E-state index in [0.29, 0.717) is 15.6 Å². The summed E-state index contributed by atoms with van der Waals surface area (Å²) in [4.78, 5) is 52.8. The fourth-order valence-electron chi connectivity index (χ4n) is 3.95. The molecule has 1 N–H and O–H groups in total. The third-order valence-electron chi connectivity index (χ3n) is 5.28. The molecule has 1 fully saturated rings. The first-order chi connectivity index (χ1) is 14.1. The lowest BCUT2D eigenvalue weighted by Crippen LogP contribution is -2.47. The molecule has 1 saturated heterocycles. The van der Waals surface area contributed by atoms with Crippen LogP contribution in [0.2, 0.25) is 15.1 Å². The predicted molar refractivity (Wildman–Crippen MR) is 110 cm³/mol. The summed E-state index contributed by atoms with van der Waals surface area (Å²) in [6, 6.07) is 9.05. The van der Waals surface area contributed by atoms with Crippen molar-refractivity contribution in [1.82, 2.24) is 4.90 Å². The normalized spacial score (nSPS) is 20.4. The van der Waals surface area contributed by atoms with Crippen molar-refractivity contribution in [3.05, 3.63) is 62.6 Å². The summed E-state index contributed by atoms with van der Waals surface area (Å²) in [5, 5.41) is 10.2. The summed E-state index contributed by atoms with van der Waals surface area (Å²) >= 11 is 18.2. The molecule has 10 heteroatoms. The summed E-state index contributed by atoms with van der Waals surface area (Å²) in [7, 11) is 0. The molecule has 7 nitrogen and oxygen atoms in total. The van der Waals surface area contributed by atoms with Crippen LogP contribution in [0.1, 0.15) is 17.5 Å². The monoisotopic (exact) mass is 466 g/mol. The molecule has 0 saturated carbocycles. The van der Waals surface area contributed by atoms with E-state index in [1.807, 2.05) is 0 Å². The van der Waals surface area contributed by atoms with Gasteiger partial charge in [0.1, 0.15) is 6.54 Å². The Morgan fingerprint density at radius 1 is 0.967 bits per heavy atom. The van der Waals surface area contributed by atoms with Gasteiger partial charge in [-0.05, 0) is 42.0 Å². The van der Waals surface area contributed by atoms with Crippen LogP contribution in [0.4, 0.5) is 5.69 Å². The van der Waals surface area contributed by atoms with Crippen molar-refractivity contribution < 1.29 is 24.3 Å². The van der Waals surface area contributed by atoms with Gasteiger partial charge in [0.25, 0.3) is 0 Å². The number of fused-ring (bicyclic) bond motifs is 2. The zero-order chi connectivity index (χ0) is 21.8. The third-order valence-corrected chi connectivity index (χ3v) is 6.12. The van der Waals surface area contributed by atoms with Gasteiger partial charge >= 0.3 is 5.97 Å². The fraction of sp³-hybridized carbons (Fsp3) is 0.200. The molecular formula is C20H13Cl3N2O5. The van der Waals surface area contributed by atoms with E-state index in [1.54, 1.807) is 12.1 Å². The summed E-state index contributed by atoms with van der Waals surface area (Å²) < 4.78 is 0. The molecule has 4 rings (SSSR count). The van der Waals surface area contributed by atoms with Gasteiger partial charge < -0.3 is 5.11 Å². The van der Waals surface area contributed by atoms with E-state index in [-0.39, 0.29) is 22.8 Å². The molecule has 1 atom stereocenters. The molecule has 2 aromatic rings. The summed E-state index contributed by atoms with van der Waals surface area (Å²) in [5.74, 6) is -3.33. The number of anilines is 1. The number of imide groups is 1. The molecule has 30 heavy (non-hydrogen) atoms. The Balaban J connectivity index is 1.79. The maximum absolute atomic E-state index is 13.4. The van der Waals surface area contributed by atoms with E-state index < -0.39 is 42.1 Å². The first-order valence-electron chi connectivity index (χ1n) is 8.77. The zero-order valence-electron chi connectivity index (χ0n) is 15.2. The number of halogens is 3. The van der Waals surface area contributed by atoms with Crippen LogP contribution < -0.4 is 4.90 Å². The molecule has 154 valence electrons. The average molecular weight is 468 g/mol. The van der Waals surface area contributed by atoms with Crippen LogP contribution in [0.25, 0.3) is 0 Å². The van der Waals surface area contributed by atoms with Gasteiger partial charge in [-0.3, -0.25) is 29.0 Å². The van der Waals surface area contributed by atoms with Gasteiger partial charge in [-0.1, -0.05) is 34.8 Å². The Labute approximate surface area is 185 Å². The Hall–Kier alpha value is -2.61. The number of nitrogens with zero attached hydrogens (tertiary/aromatic N) is 2. The fourth-order valence-corrected chi connectivity index (χ4v) is 4.49. The van der Waals surface area contributed by atoms with Crippen LogP contribution in [0.5, 0.6) is 0 Å². The van der Waals surface area contributed by atoms with Crippen molar-refractivity contribution >= 4 is 64.2 Å². The summed E-state index contributed by atoms with van der Waals surface area (Å²) in [5.41, 5.74) is -0.936. The van der Waals surface area contributed by atoms with Crippen molar-refractivity contribution in [3.63, 3.8) is 0 Å². The lowest BCUT2D eigenvalue weighted by Gasteiger charge is -2.22. The number of carbonyl (C=O) groups is 4. The molecular weight excluding hydrogens is 455 g/mol. The highest BCUT2D eigenvalue weighted by atomic mass is 35.5. The van der Waals surface area contributed by atoms with E-state index in [2.05, 4.69) is 0 Å². The number of hydrogen-bond donors (Lipinski definition) is 1. The lowest BCUT2D eigenvalue weighted by molar-refractivity contribution is -0.143. The number of amides is 3. The van der Waals surface area contributed by atoms with Gasteiger partial charge in [-0.15, -0.1) is 0 Å². The average Bonchev–Trinajstić information content (AvgIpc) is 3.05. The Bertz CT molecular complexity index is 1140. The van der Waals surface area contributed by atoms with Crippen LogP contribution in [-0.4, -0.2) is 40.2 Å². The van der Waals surface area contributed by atoms with E-state index in [9.17, 15) is 24.3 Å². The van der Waals surface area contributed by atoms with E-state index >= 15 is 0 Å². The van der Waals surface area contributed by atoms with Crippen LogP contribution in [-0.2, 0) is 31.1 Å². The second kappa shape index (κ2) is 7.27. The molecule has 0 radical (unpaired) electrons. The Kier molecular flexibility index (Phi) is 5.00. The molecule has 3 amide bonds. The van der Waals surface area contributed by atoms with Crippen LogP contribution in [0, 0.1) is 0 Å². The number of hydrogen-bond acceptors (Lipinski definition) is 4. The highest BCUT2D eigenvalue weighted by molar-refractivity contribution is 6.34. The second-order valence-corrected chi connectivity index (χ2v) is 8.33. The molecule has 2 aromatic carbocycles. The largest absolute Gasteiger partial charge is 0.480 e. The quantitative estimate of drug-likeness (QED) is 0.550. The SMILES string of the molecule is O=C(O)CN1C(=O)C2(CC(=O)N(Cc3cc(Cl)ccc3Cl)C2=O)c2cc(Cl)ccc21. The van der Waals surface area contributed by atoms with E-state index in [0.717, 1.165) is 9.80 Å².